The van der Waals surface area contributed by atoms with Crippen LogP contribution in [0.15, 0.2) is 46.0 Å². The third-order valence-corrected chi connectivity index (χ3v) is 5.09. The standard InChI is InChI=1S/C24H35N3O4.HI/c1-3-29-22-8-7-19(16-23(22)30-4-2)9-12-25-24(27-17-20-11-15-28-18-20)26-13-10-21-6-5-14-31-21;/h5-8,14,16,20H,3-4,9-13,15,17-18H2,1-2H3,(H2,25,26,27);1H. The van der Waals surface area contributed by atoms with Gasteiger partial charge in [0.05, 0.1) is 26.1 Å². The minimum atomic E-state index is 0. The van der Waals surface area contributed by atoms with Crippen LogP contribution in [0.4, 0.5) is 0 Å². The molecule has 1 aliphatic rings. The molecule has 3 rings (SSSR count). The number of hydrogen-bond acceptors (Lipinski definition) is 5. The molecule has 1 aromatic heterocycles. The SMILES string of the molecule is CCOc1ccc(CCNC(=NCC2CCOC2)NCCc2ccco2)cc1OCC.I. The predicted octanol–water partition coefficient (Wildman–Crippen LogP) is 4.05. The predicted molar refractivity (Wildman–Crippen MR) is 138 cm³/mol. The molecule has 7 nitrogen and oxygen atoms in total. The molecule has 2 heterocycles. The molecule has 1 atom stereocenters. The fourth-order valence-electron chi connectivity index (χ4n) is 3.46. The van der Waals surface area contributed by atoms with E-state index in [1.165, 1.54) is 5.56 Å². The first-order valence-electron chi connectivity index (χ1n) is 11.3. The molecule has 1 fully saturated rings. The second-order valence-corrected chi connectivity index (χ2v) is 7.50. The monoisotopic (exact) mass is 557 g/mol. The number of halogens is 1. The molecular formula is C24H36IN3O4. The van der Waals surface area contributed by atoms with Crippen LogP contribution in [-0.2, 0) is 17.6 Å². The van der Waals surface area contributed by atoms with Crippen LogP contribution in [0, 0.1) is 5.92 Å². The molecule has 2 aromatic rings. The molecule has 8 heteroatoms. The maximum atomic E-state index is 5.74. The van der Waals surface area contributed by atoms with Gasteiger partial charge in [-0.05, 0) is 56.5 Å². The second kappa shape index (κ2) is 15.0. The first-order valence-corrected chi connectivity index (χ1v) is 11.3. The molecule has 1 aromatic carbocycles. The summed E-state index contributed by atoms with van der Waals surface area (Å²) in [4.78, 5) is 4.78. The number of guanidine groups is 1. The molecule has 0 saturated carbocycles. The van der Waals surface area contributed by atoms with E-state index in [0.29, 0.717) is 19.1 Å². The highest BCUT2D eigenvalue weighted by Gasteiger charge is 2.15. The Morgan fingerprint density at radius 3 is 2.53 bits per heavy atom. The van der Waals surface area contributed by atoms with E-state index < -0.39 is 0 Å². The lowest BCUT2D eigenvalue weighted by Gasteiger charge is -2.15. The normalized spacial score (nSPS) is 15.8. The smallest absolute Gasteiger partial charge is 0.191 e. The Balaban J connectivity index is 0.00000363. The number of aliphatic imine (C=N–C) groups is 1. The summed E-state index contributed by atoms with van der Waals surface area (Å²) in [5.41, 5.74) is 1.19. The van der Waals surface area contributed by atoms with E-state index in [0.717, 1.165) is 75.3 Å². The summed E-state index contributed by atoms with van der Waals surface area (Å²) in [6.07, 6.45) is 4.46. The van der Waals surface area contributed by atoms with Crippen molar-refractivity contribution in [3.63, 3.8) is 0 Å². The quantitative estimate of drug-likeness (QED) is 0.233. The van der Waals surface area contributed by atoms with Crippen molar-refractivity contribution in [3.8, 4) is 11.5 Å². The van der Waals surface area contributed by atoms with E-state index in [2.05, 4.69) is 22.8 Å². The van der Waals surface area contributed by atoms with Crippen molar-refractivity contribution >= 4 is 29.9 Å². The van der Waals surface area contributed by atoms with E-state index in [9.17, 15) is 0 Å². The molecular weight excluding hydrogens is 521 g/mol. The van der Waals surface area contributed by atoms with Crippen LogP contribution in [0.2, 0.25) is 0 Å². The second-order valence-electron chi connectivity index (χ2n) is 7.50. The van der Waals surface area contributed by atoms with Gasteiger partial charge in [0.2, 0.25) is 0 Å². The number of nitrogens with one attached hydrogen (secondary N) is 2. The molecule has 1 aliphatic heterocycles. The van der Waals surface area contributed by atoms with Crippen LogP contribution in [0.5, 0.6) is 11.5 Å². The molecule has 2 N–H and O–H groups in total. The summed E-state index contributed by atoms with van der Waals surface area (Å²) in [5.74, 6) is 3.89. The van der Waals surface area contributed by atoms with Crippen molar-refractivity contribution in [2.75, 3.05) is 46.1 Å². The minimum absolute atomic E-state index is 0. The fraction of sp³-hybridized carbons (Fsp3) is 0.542. The molecule has 0 radical (unpaired) electrons. The minimum Gasteiger partial charge on any atom is -0.490 e. The fourth-order valence-corrected chi connectivity index (χ4v) is 3.46. The van der Waals surface area contributed by atoms with Gasteiger partial charge in [0.1, 0.15) is 5.76 Å². The molecule has 32 heavy (non-hydrogen) atoms. The van der Waals surface area contributed by atoms with E-state index in [4.69, 9.17) is 23.6 Å². The Labute approximate surface area is 208 Å². The zero-order valence-electron chi connectivity index (χ0n) is 19.1. The number of furan rings is 1. The van der Waals surface area contributed by atoms with Crippen molar-refractivity contribution in [2.24, 2.45) is 10.9 Å². The van der Waals surface area contributed by atoms with Gasteiger partial charge in [-0.15, -0.1) is 24.0 Å². The molecule has 178 valence electrons. The summed E-state index contributed by atoms with van der Waals surface area (Å²) in [6.45, 7) is 9.14. The molecule has 0 spiro atoms. The van der Waals surface area contributed by atoms with Gasteiger partial charge in [0.15, 0.2) is 17.5 Å². The van der Waals surface area contributed by atoms with Gasteiger partial charge in [0, 0.05) is 38.6 Å². The zero-order valence-corrected chi connectivity index (χ0v) is 21.4. The van der Waals surface area contributed by atoms with Gasteiger partial charge in [-0.2, -0.15) is 0 Å². The average Bonchev–Trinajstić information content (AvgIpc) is 3.48. The van der Waals surface area contributed by atoms with Crippen molar-refractivity contribution < 1.29 is 18.6 Å². The molecule has 1 unspecified atom stereocenters. The Morgan fingerprint density at radius 1 is 1.06 bits per heavy atom. The Kier molecular flexibility index (Phi) is 12.3. The lowest BCUT2D eigenvalue weighted by atomic mass is 10.1. The first-order chi connectivity index (χ1) is 15.3. The van der Waals surface area contributed by atoms with E-state index >= 15 is 0 Å². The van der Waals surface area contributed by atoms with E-state index in [-0.39, 0.29) is 24.0 Å². The van der Waals surface area contributed by atoms with E-state index in [1.807, 2.05) is 32.0 Å². The van der Waals surface area contributed by atoms with Gasteiger partial charge in [-0.25, -0.2) is 0 Å². The van der Waals surface area contributed by atoms with Crippen LogP contribution >= 0.6 is 24.0 Å². The largest absolute Gasteiger partial charge is 0.490 e. The highest BCUT2D eigenvalue weighted by molar-refractivity contribution is 14.0. The topological polar surface area (TPSA) is 77.2 Å². The van der Waals surface area contributed by atoms with Crippen molar-refractivity contribution in [1.29, 1.82) is 0 Å². The lowest BCUT2D eigenvalue weighted by Crippen LogP contribution is -2.39. The van der Waals surface area contributed by atoms with Gasteiger partial charge >= 0.3 is 0 Å². The third-order valence-electron chi connectivity index (χ3n) is 5.09. The van der Waals surface area contributed by atoms with Gasteiger partial charge < -0.3 is 29.3 Å². The van der Waals surface area contributed by atoms with Crippen LogP contribution in [0.1, 0.15) is 31.6 Å². The highest BCUT2D eigenvalue weighted by atomic mass is 127. The summed E-state index contributed by atoms with van der Waals surface area (Å²) < 4.78 is 22.3. The maximum Gasteiger partial charge on any atom is 0.191 e. The zero-order chi connectivity index (χ0) is 21.7. The van der Waals surface area contributed by atoms with Gasteiger partial charge in [0.25, 0.3) is 0 Å². The maximum absolute atomic E-state index is 5.74. The van der Waals surface area contributed by atoms with Crippen molar-refractivity contribution in [2.45, 2.75) is 33.1 Å². The summed E-state index contributed by atoms with van der Waals surface area (Å²) >= 11 is 0. The molecule has 0 bridgehead atoms. The number of rotatable bonds is 12. The lowest BCUT2D eigenvalue weighted by molar-refractivity contribution is 0.187. The van der Waals surface area contributed by atoms with Gasteiger partial charge in [-0.3, -0.25) is 4.99 Å². The highest BCUT2D eigenvalue weighted by Crippen LogP contribution is 2.28. The van der Waals surface area contributed by atoms with Crippen LogP contribution in [0.3, 0.4) is 0 Å². The van der Waals surface area contributed by atoms with Crippen molar-refractivity contribution in [3.05, 3.63) is 47.9 Å². The van der Waals surface area contributed by atoms with Gasteiger partial charge in [-0.1, -0.05) is 6.07 Å². The van der Waals surface area contributed by atoms with Crippen LogP contribution in [-0.4, -0.2) is 52.0 Å². The number of benzene rings is 1. The first kappa shape index (κ1) is 26.3. The summed E-state index contributed by atoms with van der Waals surface area (Å²) in [7, 11) is 0. The number of nitrogens with zero attached hydrogens (tertiary/aromatic N) is 1. The Hall–Kier alpha value is -1.94. The average molecular weight is 557 g/mol. The van der Waals surface area contributed by atoms with Crippen molar-refractivity contribution in [1.82, 2.24) is 10.6 Å². The number of ether oxygens (including phenoxy) is 3. The molecule has 0 amide bonds. The van der Waals surface area contributed by atoms with Crippen LogP contribution in [0.25, 0.3) is 0 Å². The Morgan fingerprint density at radius 2 is 1.84 bits per heavy atom. The number of hydrogen-bond donors (Lipinski definition) is 2. The molecule has 1 saturated heterocycles. The summed E-state index contributed by atoms with van der Waals surface area (Å²) in [5, 5.41) is 6.88. The summed E-state index contributed by atoms with van der Waals surface area (Å²) in [6, 6.07) is 10.0. The van der Waals surface area contributed by atoms with Crippen LogP contribution < -0.4 is 20.1 Å². The molecule has 0 aliphatic carbocycles. The third kappa shape index (κ3) is 8.90. The Bertz CT molecular complexity index is 793. The van der Waals surface area contributed by atoms with E-state index in [1.54, 1.807) is 6.26 Å².